The molecule has 0 spiro atoms. The second-order valence-corrected chi connectivity index (χ2v) is 8.37. The summed E-state index contributed by atoms with van der Waals surface area (Å²) in [6.07, 6.45) is 9.49. The van der Waals surface area contributed by atoms with Gasteiger partial charge in [-0.25, -0.2) is 0 Å². The monoisotopic (exact) mass is 273 g/mol. The Hall–Kier alpha value is -0.840. The second-order valence-electron chi connectivity index (χ2n) is 8.37. The van der Waals surface area contributed by atoms with Crippen LogP contribution in [0.5, 0.6) is 0 Å². The van der Waals surface area contributed by atoms with Crippen molar-refractivity contribution in [3.63, 3.8) is 0 Å². The van der Waals surface area contributed by atoms with Crippen LogP contribution in [0.1, 0.15) is 65.2 Å². The molecule has 0 N–H and O–H groups in total. The Labute approximate surface area is 122 Å². The molecule has 0 aliphatic heterocycles. The Morgan fingerprint density at radius 1 is 1.15 bits per heavy atom. The maximum atomic E-state index is 12.6. The van der Waals surface area contributed by atoms with Crippen LogP contribution in [0.25, 0.3) is 0 Å². The SMILES string of the molecule is CC(C)CC(C#N)C(=O)CC12CC3CC(CC(C3)C1)C2. The molecule has 0 aromatic carbocycles. The predicted octanol–water partition coefficient (Wildman–Crippen LogP) is 4.35. The highest BCUT2D eigenvalue weighted by atomic mass is 16.1. The van der Waals surface area contributed by atoms with Gasteiger partial charge in [-0.2, -0.15) is 5.26 Å². The lowest BCUT2D eigenvalue weighted by atomic mass is 9.48. The first kappa shape index (κ1) is 14.1. The molecule has 0 aromatic rings. The van der Waals surface area contributed by atoms with Gasteiger partial charge in [-0.1, -0.05) is 13.8 Å². The van der Waals surface area contributed by atoms with Crippen molar-refractivity contribution < 1.29 is 4.79 Å². The van der Waals surface area contributed by atoms with Crippen LogP contribution < -0.4 is 0 Å². The first-order valence-electron chi connectivity index (χ1n) is 8.42. The average molecular weight is 273 g/mol. The van der Waals surface area contributed by atoms with E-state index in [2.05, 4.69) is 19.9 Å². The Kier molecular flexibility index (Phi) is 3.65. The van der Waals surface area contributed by atoms with E-state index in [1.165, 1.54) is 38.5 Å². The average Bonchev–Trinajstić information content (AvgIpc) is 2.33. The molecule has 2 heteroatoms. The summed E-state index contributed by atoms with van der Waals surface area (Å²) in [7, 11) is 0. The van der Waals surface area contributed by atoms with Crippen molar-refractivity contribution in [3.05, 3.63) is 0 Å². The molecule has 1 unspecified atom stereocenters. The molecule has 4 aliphatic carbocycles. The zero-order valence-corrected chi connectivity index (χ0v) is 12.9. The molecule has 4 rings (SSSR count). The van der Waals surface area contributed by atoms with E-state index in [-0.39, 0.29) is 17.1 Å². The molecule has 0 aromatic heterocycles. The van der Waals surface area contributed by atoms with Crippen molar-refractivity contribution in [2.24, 2.45) is 35.0 Å². The topological polar surface area (TPSA) is 40.9 Å². The molecule has 4 fully saturated rings. The van der Waals surface area contributed by atoms with Gasteiger partial charge in [-0.3, -0.25) is 4.79 Å². The largest absolute Gasteiger partial charge is 0.298 e. The van der Waals surface area contributed by atoms with Gasteiger partial charge in [0.25, 0.3) is 0 Å². The summed E-state index contributed by atoms with van der Waals surface area (Å²) >= 11 is 0. The van der Waals surface area contributed by atoms with Crippen molar-refractivity contribution in [1.82, 2.24) is 0 Å². The van der Waals surface area contributed by atoms with Crippen LogP contribution >= 0.6 is 0 Å². The second kappa shape index (κ2) is 5.17. The lowest BCUT2D eigenvalue weighted by Crippen LogP contribution is -2.47. The molecule has 4 bridgehead atoms. The molecule has 0 saturated heterocycles. The lowest BCUT2D eigenvalue weighted by molar-refractivity contribution is -0.130. The molecular formula is C18H27NO. The molecule has 0 radical (unpaired) electrons. The minimum atomic E-state index is -0.358. The highest BCUT2D eigenvalue weighted by Crippen LogP contribution is 2.61. The molecular weight excluding hydrogens is 246 g/mol. The van der Waals surface area contributed by atoms with Gasteiger partial charge in [-0.05, 0) is 74.0 Å². The van der Waals surface area contributed by atoms with Crippen LogP contribution in [0.15, 0.2) is 0 Å². The number of Topliss-reactive ketones (excluding diaryl/α,β-unsaturated/α-hetero) is 1. The van der Waals surface area contributed by atoms with E-state index in [0.717, 1.165) is 24.2 Å². The normalized spacial score (nSPS) is 39.8. The fourth-order valence-electron chi connectivity index (χ4n) is 5.73. The number of ketones is 1. The molecule has 2 nitrogen and oxygen atoms in total. The molecule has 0 amide bonds. The number of hydrogen-bond donors (Lipinski definition) is 0. The summed E-state index contributed by atoms with van der Waals surface area (Å²) in [5.74, 6) is 2.98. The van der Waals surface area contributed by atoms with Gasteiger partial charge in [0, 0.05) is 6.42 Å². The minimum absolute atomic E-state index is 0.239. The van der Waals surface area contributed by atoms with E-state index < -0.39 is 0 Å². The smallest absolute Gasteiger partial charge is 0.150 e. The van der Waals surface area contributed by atoms with E-state index >= 15 is 0 Å². The van der Waals surface area contributed by atoms with Crippen molar-refractivity contribution in [2.45, 2.75) is 65.2 Å². The zero-order chi connectivity index (χ0) is 14.3. The first-order valence-corrected chi connectivity index (χ1v) is 8.42. The summed E-state index contributed by atoms with van der Waals surface area (Å²) in [5.41, 5.74) is 0.290. The molecule has 20 heavy (non-hydrogen) atoms. The van der Waals surface area contributed by atoms with Crippen LogP contribution in [0.3, 0.4) is 0 Å². The van der Waals surface area contributed by atoms with Gasteiger partial charge in [-0.15, -0.1) is 0 Å². The zero-order valence-electron chi connectivity index (χ0n) is 12.9. The number of nitrogens with zero attached hydrogens (tertiary/aromatic N) is 1. The molecule has 110 valence electrons. The summed E-state index contributed by atoms with van der Waals surface area (Å²) in [4.78, 5) is 12.6. The van der Waals surface area contributed by atoms with E-state index in [4.69, 9.17) is 0 Å². The van der Waals surface area contributed by atoms with Gasteiger partial charge in [0.1, 0.15) is 5.92 Å². The van der Waals surface area contributed by atoms with Gasteiger partial charge in [0.2, 0.25) is 0 Å². The summed E-state index contributed by atoms with van der Waals surface area (Å²) in [6.45, 7) is 4.20. The number of carbonyl (C=O) groups excluding carboxylic acids is 1. The van der Waals surface area contributed by atoms with Crippen molar-refractivity contribution in [1.29, 1.82) is 5.26 Å². The van der Waals surface area contributed by atoms with Crippen molar-refractivity contribution in [2.75, 3.05) is 0 Å². The number of hydrogen-bond acceptors (Lipinski definition) is 2. The van der Waals surface area contributed by atoms with Gasteiger partial charge in [0.05, 0.1) is 6.07 Å². The predicted molar refractivity (Wildman–Crippen MR) is 78.8 cm³/mol. The summed E-state index contributed by atoms with van der Waals surface area (Å²) < 4.78 is 0. The van der Waals surface area contributed by atoms with E-state index in [1.807, 2.05) is 0 Å². The Morgan fingerprint density at radius 2 is 1.65 bits per heavy atom. The van der Waals surface area contributed by atoms with Gasteiger partial charge >= 0.3 is 0 Å². The van der Waals surface area contributed by atoms with E-state index in [0.29, 0.717) is 12.3 Å². The summed E-state index contributed by atoms with van der Waals surface area (Å²) in [5, 5.41) is 9.29. The van der Waals surface area contributed by atoms with Crippen LogP contribution in [0, 0.1) is 46.3 Å². The molecule has 4 aliphatic rings. The Bertz CT molecular complexity index is 396. The van der Waals surface area contributed by atoms with Crippen molar-refractivity contribution in [3.8, 4) is 6.07 Å². The Balaban J connectivity index is 1.68. The maximum absolute atomic E-state index is 12.6. The van der Waals surface area contributed by atoms with Crippen LogP contribution in [0.2, 0.25) is 0 Å². The molecule has 0 heterocycles. The van der Waals surface area contributed by atoms with Crippen LogP contribution in [-0.4, -0.2) is 5.78 Å². The lowest BCUT2D eigenvalue weighted by Gasteiger charge is -2.56. The number of rotatable bonds is 5. The Morgan fingerprint density at radius 3 is 2.05 bits per heavy atom. The van der Waals surface area contributed by atoms with Crippen LogP contribution in [0.4, 0.5) is 0 Å². The highest BCUT2D eigenvalue weighted by Gasteiger charge is 2.51. The third-order valence-electron chi connectivity index (χ3n) is 5.97. The fourth-order valence-corrected chi connectivity index (χ4v) is 5.73. The van der Waals surface area contributed by atoms with Crippen LogP contribution in [-0.2, 0) is 4.79 Å². The van der Waals surface area contributed by atoms with Gasteiger partial charge in [0.15, 0.2) is 5.78 Å². The quantitative estimate of drug-likeness (QED) is 0.747. The molecule has 1 atom stereocenters. The maximum Gasteiger partial charge on any atom is 0.150 e. The van der Waals surface area contributed by atoms with Gasteiger partial charge < -0.3 is 0 Å². The third-order valence-corrected chi connectivity index (χ3v) is 5.97. The first-order chi connectivity index (χ1) is 9.49. The number of nitriles is 1. The highest BCUT2D eigenvalue weighted by molar-refractivity contribution is 5.84. The minimum Gasteiger partial charge on any atom is -0.298 e. The number of carbonyl (C=O) groups is 1. The molecule has 4 saturated carbocycles. The third kappa shape index (κ3) is 2.65. The van der Waals surface area contributed by atoms with E-state index in [9.17, 15) is 10.1 Å². The van der Waals surface area contributed by atoms with E-state index in [1.54, 1.807) is 0 Å². The standard InChI is InChI=1S/C18H27NO/c1-12(2)3-16(11-19)17(20)10-18-7-13-4-14(8-18)6-15(5-13)9-18/h12-16H,3-10H2,1-2H3. The van der Waals surface area contributed by atoms with Crippen molar-refractivity contribution >= 4 is 5.78 Å². The fraction of sp³-hybridized carbons (Fsp3) is 0.889. The summed E-state index contributed by atoms with van der Waals surface area (Å²) in [6, 6.07) is 2.27.